The zero-order valence-corrected chi connectivity index (χ0v) is 13.8. The average Bonchev–Trinajstić information content (AvgIpc) is 3.00. The lowest BCUT2D eigenvalue weighted by Gasteiger charge is -2.29. The summed E-state index contributed by atoms with van der Waals surface area (Å²) in [6.07, 6.45) is 1.44. The standard InChI is InChI=1S/C17H25N3O3/c1-13(18)16(21)20-10-6-9-15(20)11-19(2)17(22)23-12-14-7-4-3-5-8-14/h3-5,7-8,13,15H,6,9-12,18H2,1-2H3. The predicted molar refractivity (Wildman–Crippen MR) is 87.6 cm³/mol. The van der Waals surface area contributed by atoms with Gasteiger partial charge in [0.2, 0.25) is 5.91 Å². The highest BCUT2D eigenvalue weighted by Gasteiger charge is 2.31. The molecule has 126 valence electrons. The maximum Gasteiger partial charge on any atom is 0.409 e. The molecule has 1 aromatic rings. The first-order chi connectivity index (χ1) is 11.0. The molecule has 0 radical (unpaired) electrons. The molecule has 6 heteroatoms. The summed E-state index contributed by atoms with van der Waals surface area (Å²) in [5, 5.41) is 0. The Bertz CT molecular complexity index is 533. The molecule has 23 heavy (non-hydrogen) atoms. The molecule has 0 bridgehead atoms. The zero-order chi connectivity index (χ0) is 16.8. The molecule has 1 heterocycles. The third-order valence-electron chi connectivity index (χ3n) is 4.05. The molecule has 1 saturated heterocycles. The number of nitrogens with two attached hydrogens (primary N) is 1. The van der Waals surface area contributed by atoms with Gasteiger partial charge in [-0.2, -0.15) is 0 Å². The summed E-state index contributed by atoms with van der Waals surface area (Å²) in [6, 6.07) is 9.06. The van der Waals surface area contributed by atoms with Gasteiger partial charge in [0.15, 0.2) is 0 Å². The van der Waals surface area contributed by atoms with Crippen LogP contribution in [-0.4, -0.2) is 54.0 Å². The Morgan fingerprint density at radius 3 is 2.74 bits per heavy atom. The quantitative estimate of drug-likeness (QED) is 0.894. The molecule has 1 aliphatic rings. The number of hydrogen-bond donors (Lipinski definition) is 1. The minimum absolute atomic E-state index is 0.0165. The lowest BCUT2D eigenvalue weighted by Crippen LogP contribution is -2.48. The molecule has 6 nitrogen and oxygen atoms in total. The van der Waals surface area contributed by atoms with E-state index in [2.05, 4.69) is 0 Å². The van der Waals surface area contributed by atoms with Crippen LogP contribution in [0.3, 0.4) is 0 Å². The van der Waals surface area contributed by atoms with Gasteiger partial charge in [-0.25, -0.2) is 4.79 Å². The van der Waals surface area contributed by atoms with Crippen LogP contribution in [0.5, 0.6) is 0 Å². The van der Waals surface area contributed by atoms with E-state index in [4.69, 9.17) is 10.5 Å². The number of benzene rings is 1. The second-order valence-corrected chi connectivity index (χ2v) is 6.04. The zero-order valence-electron chi connectivity index (χ0n) is 13.8. The molecule has 2 rings (SSSR count). The van der Waals surface area contributed by atoms with Crippen molar-refractivity contribution in [1.29, 1.82) is 0 Å². The highest BCUT2D eigenvalue weighted by molar-refractivity contribution is 5.81. The van der Waals surface area contributed by atoms with Gasteiger partial charge >= 0.3 is 6.09 Å². The second-order valence-electron chi connectivity index (χ2n) is 6.04. The summed E-state index contributed by atoms with van der Waals surface area (Å²) in [5.74, 6) is -0.0569. The van der Waals surface area contributed by atoms with Crippen LogP contribution in [0.1, 0.15) is 25.3 Å². The Kier molecular flexibility index (Phi) is 5.98. The van der Waals surface area contributed by atoms with Gasteiger partial charge in [0.05, 0.1) is 6.04 Å². The fourth-order valence-corrected chi connectivity index (χ4v) is 2.80. The molecule has 0 aromatic heterocycles. The van der Waals surface area contributed by atoms with Gasteiger partial charge in [-0.15, -0.1) is 0 Å². The topological polar surface area (TPSA) is 75.9 Å². The van der Waals surface area contributed by atoms with Crippen LogP contribution < -0.4 is 5.73 Å². The van der Waals surface area contributed by atoms with Crippen LogP contribution in [0, 0.1) is 0 Å². The highest BCUT2D eigenvalue weighted by Crippen LogP contribution is 2.19. The minimum atomic E-state index is -0.508. The second kappa shape index (κ2) is 7.97. The summed E-state index contributed by atoms with van der Waals surface area (Å²) >= 11 is 0. The molecule has 1 aromatic carbocycles. The number of hydrogen-bond acceptors (Lipinski definition) is 4. The average molecular weight is 319 g/mol. The van der Waals surface area contributed by atoms with E-state index >= 15 is 0 Å². The van der Waals surface area contributed by atoms with E-state index in [1.165, 1.54) is 4.90 Å². The molecule has 2 atom stereocenters. The summed E-state index contributed by atoms with van der Waals surface area (Å²) in [6.45, 7) is 3.11. The third-order valence-corrected chi connectivity index (χ3v) is 4.05. The number of rotatable bonds is 5. The van der Waals surface area contributed by atoms with Gasteiger partial charge in [0.25, 0.3) is 0 Å². The van der Waals surface area contributed by atoms with Crippen LogP contribution >= 0.6 is 0 Å². The molecule has 1 fully saturated rings. The van der Waals surface area contributed by atoms with Gasteiger partial charge in [-0.1, -0.05) is 30.3 Å². The van der Waals surface area contributed by atoms with Gasteiger partial charge in [0.1, 0.15) is 6.61 Å². The van der Waals surface area contributed by atoms with E-state index in [0.29, 0.717) is 13.1 Å². The number of nitrogens with zero attached hydrogens (tertiary/aromatic N) is 2. The van der Waals surface area contributed by atoms with Gasteiger partial charge in [0, 0.05) is 26.2 Å². The summed E-state index contributed by atoms with van der Waals surface area (Å²) < 4.78 is 5.30. The van der Waals surface area contributed by atoms with Crippen molar-refractivity contribution in [3.8, 4) is 0 Å². The summed E-state index contributed by atoms with van der Waals surface area (Å²) in [4.78, 5) is 27.5. The maximum atomic E-state index is 12.1. The van der Waals surface area contributed by atoms with Crippen molar-refractivity contribution >= 4 is 12.0 Å². The SMILES string of the molecule is CC(N)C(=O)N1CCCC1CN(C)C(=O)OCc1ccccc1. The number of likely N-dealkylation sites (tertiary alicyclic amines) is 1. The van der Waals surface area contributed by atoms with Crippen molar-refractivity contribution in [2.75, 3.05) is 20.1 Å². The van der Waals surface area contributed by atoms with Crippen molar-refractivity contribution in [1.82, 2.24) is 9.80 Å². The minimum Gasteiger partial charge on any atom is -0.445 e. The lowest BCUT2D eigenvalue weighted by molar-refractivity contribution is -0.133. The number of carbonyl (C=O) groups excluding carboxylic acids is 2. The Morgan fingerprint density at radius 2 is 2.09 bits per heavy atom. The van der Waals surface area contributed by atoms with E-state index in [0.717, 1.165) is 18.4 Å². The van der Waals surface area contributed by atoms with E-state index in [-0.39, 0.29) is 24.6 Å². The van der Waals surface area contributed by atoms with Crippen molar-refractivity contribution in [2.24, 2.45) is 5.73 Å². The van der Waals surface area contributed by atoms with E-state index in [9.17, 15) is 9.59 Å². The summed E-state index contributed by atoms with van der Waals surface area (Å²) in [7, 11) is 1.69. The molecular weight excluding hydrogens is 294 g/mol. The fraction of sp³-hybridized carbons (Fsp3) is 0.529. The smallest absolute Gasteiger partial charge is 0.409 e. The lowest BCUT2D eigenvalue weighted by atomic mass is 10.2. The Balaban J connectivity index is 1.84. The van der Waals surface area contributed by atoms with E-state index in [1.807, 2.05) is 30.3 Å². The third kappa shape index (κ3) is 4.69. The number of ether oxygens (including phenoxy) is 1. The monoisotopic (exact) mass is 319 g/mol. The number of carbonyl (C=O) groups is 2. The first kappa shape index (κ1) is 17.3. The van der Waals surface area contributed by atoms with Crippen LogP contribution in [0.4, 0.5) is 4.79 Å². The Hall–Kier alpha value is -2.08. The predicted octanol–water partition coefficient (Wildman–Crippen LogP) is 1.59. The van der Waals surface area contributed by atoms with Crippen LogP contribution in [0.15, 0.2) is 30.3 Å². The molecule has 2 unspecified atom stereocenters. The highest BCUT2D eigenvalue weighted by atomic mass is 16.6. The summed E-state index contributed by atoms with van der Waals surface area (Å²) in [5.41, 5.74) is 6.63. The van der Waals surface area contributed by atoms with Gasteiger partial charge < -0.3 is 20.3 Å². The fourth-order valence-electron chi connectivity index (χ4n) is 2.80. The van der Waals surface area contributed by atoms with Crippen molar-refractivity contribution < 1.29 is 14.3 Å². The number of amides is 2. The van der Waals surface area contributed by atoms with Crippen LogP contribution in [-0.2, 0) is 16.1 Å². The molecule has 0 saturated carbocycles. The molecule has 0 aliphatic carbocycles. The Labute approximate surface area is 137 Å². The first-order valence-electron chi connectivity index (χ1n) is 7.97. The van der Waals surface area contributed by atoms with Crippen LogP contribution in [0.2, 0.25) is 0 Å². The molecule has 2 N–H and O–H groups in total. The normalized spacial score (nSPS) is 18.6. The maximum absolute atomic E-state index is 12.1. The molecule has 0 spiro atoms. The largest absolute Gasteiger partial charge is 0.445 e. The van der Waals surface area contributed by atoms with E-state index < -0.39 is 6.04 Å². The molecule has 1 aliphatic heterocycles. The molecular formula is C17H25N3O3. The molecule has 2 amide bonds. The van der Waals surface area contributed by atoms with Crippen molar-refractivity contribution in [2.45, 2.75) is 38.5 Å². The van der Waals surface area contributed by atoms with Crippen molar-refractivity contribution in [3.05, 3.63) is 35.9 Å². The number of likely N-dealkylation sites (N-methyl/N-ethyl adjacent to an activating group) is 1. The van der Waals surface area contributed by atoms with Gasteiger partial charge in [-0.05, 0) is 25.3 Å². The van der Waals surface area contributed by atoms with Crippen LogP contribution in [0.25, 0.3) is 0 Å². The first-order valence-corrected chi connectivity index (χ1v) is 7.97. The Morgan fingerprint density at radius 1 is 1.39 bits per heavy atom. The van der Waals surface area contributed by atoms with E-state index in [1.54, 1.807) is 18.9 Å². The van der Waals surface area contributed by atoms with Crippen molar-refractivity contribution in [3.63, 3.8) is 0 Å². The van der Waals surface area contributed by atoms with Gasteiger partial charge in [-0.3, -0.25) is 4.79 Å².